The van der Waals surface area contributed by atoms with E-state index in [-0.39, 0.29) is 8.76 Å². The van der Waals surface area contributed by atoms with E-state index in [0.717, 1.165) is 47.7 Å². The third-order valence-corrected chi connectivity index (χ3v) is 6.56. The molecule has 2 aliphatic carbocycles. The summed E-state index contributed by atoms with van der Waals surface area (Å²) in [6.07, 6.45) is 8.26. The highest BCUT2D eigenvalue weighted by molar-refractivity contribution is 6.07. The molecule has 1 saturated carbocycles. The maximum absolute atomic E-state index is 12.4. The van der Waals surface area contributed by atoms with Crippen LogP contribution in [0.4, 0.5) is 5.69 Å². The Morgan fingerprint density at radius 1 is 1.10 bits per heavy atom. The van der Waals surface area contributed by atoms with E-state index in [2.05, 4.69) is 29.6 Å². The summed E-state index contributed by atoms with van der Waals surface area (Å²) < 4.78 is 0. The van der Waals surface area contributed by atoms with E-state index in [0.29, 0.717) is 17.2 Å². The monoisotopic (exact) mass is 401 g/mol. The molecule has 3 aromatic rings. The Morgan fingerprint density at radius 2 is 1.83 bits per heavy atom. The van der Waals surface area contributed by atoms with Gasteiger partial charge in [-0.15, -0.1) is 0 Å². The van der Waals surface area contributed by atoms with Crippen molar-refractivity contribution in [3.05, 3.63) is 64.7 Å². The number of nitrogens with one attached hydrogen (secondary N) is 2. The maximum atomic E-state index is 12.4. The molecule has 0 bridgehead atoms. The second-order valence-corrected chi connectivity index (χ2v) is 8.63. The fraction of sp³-hybridized carbons (Fsp3) is 0.308. The average Bonchev–Trinajstić information content (AvgIpc) is 3.62. The van der Waals surface area contributed by atoms with E-state index in [1.807, 2.05) is 18.2 Å². The molecular weight excluding hydrogens is 370 g/mol. The summed E-state index contributed by atoms with van der Waals surface area (Å²) in [5.74, 6) is 0.692. The summed E-state index contributed by atoms with van der Waals surface area (Å²) in [5.41, 5.74) is 13.5. The van der Waals surface area contributed by atoms with E-state index in [9.17, 15) is 4.79 Å². The van der Waals surface area contributed by atoms with Gasteiger partial charge < -0.3 is 16.5 Å². The zero-order chi connectivity index (χ0) is 20.7. The number of amides is 1. The Hall–Kier alpha value is -3.14. The zero-order valence-electron chi connectivity index (χ0n) is 17.1. The largest absolute Gasteiger partial charge is 0.398 e. The van der Waals surface area contributed by atoms with E-state index in [1.165, 1.54) is 42.2 Å². The minimum Gasteiger partial charge on any atom is -0.398 e. The van der Waals surface area contributed by atoms with E-state index in [4.69, 9.17) is 11.1 Å². The molecule has 1 amide bonds. The van der Waals surface area contributed by atoms with Crippen LogP contribution in [0.5, 0.6) is 0 Å². The number of hydrogen-bond donors (Lipinski definition) is 3. The molecule has 0 saturated heterocycles. The van der Waals surface area contributed by atoms with Gasteiger partial charge in [-0.1, -0.05) is 18.2 Å². The minimum absolute atomic E-state index is 0. The van der Waals surface area contributed by atoms with Crippen molar-refractivity contribution in [1.29, 1.82) is 5.41 Å². The van der Waals surface area contributed by atoms with Crippen molar-refractivity contribution in [2.24, 2.45) is 5.92 Å². The normalized spacial score (nSPS) is 15.6. The molecule has 156 valence electrons. The Bertz CT molecular complexity index is 1150. The Balaban J connectivity index is 0.00000144. The predicted octanol–water partition coefficient (Wildman–Crippen LogP) is 5.60. The second-order valence-electron chi connectivity index (χ2n) is 8.63. The first-order valence-corrected chi connectivity index (χ1v) is 10.9. The Kier molecular flexibility index (Phi) is 4.78. The summed E-state index contributed by atoms with van der Waals surface area (Å²) in [6.45, 7) is 0.789. The van der Waals surface area contributed by atoms with E-state index in [1.54, 1.807) is 0 Å². The van der Waals surface area contributed by atoms with E-state index < -0.39 is 0 Å². The fourth-order valence-corrected chi connectivity index (χ4v) is 4.71. The minimum atomic E-state index is 0. The first-order valence-electron chi connectivity index (χ1n) is 10.9. The molecule has 0 unspecified atom stereocenters. The molecule has 1 fully saturated rings. The number of nitrogens with two attached hydrogens (primary N) is 1. The zero-order valence-corrected chi connectivity index (χ0v) is 17.1. The molecule has 0 spiro atoms. The van der Waals surface area contributed by atoms with Gasteiger partial charge in [0.25, 0.3) is 5.91 Å². The highest BCUT2D eigenvalue weighted by Gasteiger charge is 2.22. The molecular formula is C26H31N3O. The van der Waals surface area contributed by atoms with Gasteiger partial charge in [0.05, 0.1) is 0 Å². The van der Waals surface area contributed by atoms with Gasteiger partial charge in [0.1, 0.15) is 0 Å². The SMILES string of the molecule is N=Cc1c(N)ccc2cc(-c3ccc(C(=O)NCC4CC4)cc3)c3c(c12)CCCC3.[HH].[HH]. The highest BCUT2D eigenvalue weighted by atomic mass is 16.1. The van der Waals surface area contributed by atoms with Gasteiger partial charge in [-0.3, -0.25) is 4.79 Å². The van der Waals surface area contributed by atoms with Gasteiger partial charge in [-0.25, -0.2) is 0 Å². The van der Waals surface area contributed by atoms with Crippen molar-refractivity contribution in [2.75, 3.05) is 12.3 Å². The van der Waals surface area contributed by atoms with E-state index >= 15 is 0 Å². The lowest BCUT2D eigenvalue weighted by Crippen LogP contribution is -2.25. The van der Waals surface area contributed by atoms with Crippen LogP contribution in [0.3, 0.4) is 0 Å². The number of carbonyl (C=O) groups is 1. The first-order chi connectivity index (χ1) is 14.7. The molecule has 0 radical (unpaired) electrons. The third-order valence-electron chi connectivity index (χ3n) is 6.56. The molecule has 4 heteroatoms. The topological polar surface area (TPSA) is 79.0 Å². The molecule has 0 aromatic heterocycles. The van der Waals surface area contributed by atoms with Crippen LogP contribution < -0.4 is 11.1 Å². The van der Waals surface area contributed by atoms with Crippen LogP contribution in [0.15, 0.2) is 42.5 Å². The second kappa shape index (κ2) is 7.60. The average molecular weight is 402 g/mol. The van der Waals surface area contributed by atoms with Crippen LogP contribution in [0.2, 0.25) is 0 Å². The lowest BCUT2D eigenvalue weighted by atomic mass is 9.81. The number of hydrogen-bond acceptors (Lipinski definition) is 3. The van der Waals surface area contributed by atoms with Gasteiger partial charge in [0.15, 0.2) is 0 Å². The molecule has 5 rings (SSSR count). The van der Waals surface area contributed by atoms with Gasteiger partial charge in [0, 0.05) is 32.4 Å². The maximum Gasteiger partial charge on any atom is 0.251 e. The van der Waals surface area contributed by atoms with Crippen LogP contribution in [-0.4, -0.2) is 18.7 Å². The van der Waals surface area contributed by atoms with Crippen molar-refractivity contribution in [2.45, 2.75) is 38.5 Å². The quantitative estimate of drug-likeness (QED) is 0.384. The van der Waals surface area contributed by atoms with Gasteiger partial charge >= 0.3 is 0 Å². The highest BCUT2D eigenvalue weighted by Crippen LogP contribution is 2.39. The summed E-state index contributed by atoms with van der Waals surface area (Å²) in [4.78, 5) is 12.4. The standard InChI is InChI=1S/C26H27N3O.2H2/c27-14-23-24(28)12-11-19-13-22(20-3-1-2-4-21(20)25(19)23)17-7-9-18(10-8-17)26(30)29-15-16-5-6-16;;/h7-14,16,27H,1-6,15,28H2,(H,29,30);2*1H. The number of aryl methyl sites for hydroxylation is 1. The lowest BCUT2D eigenvalue weighted by molar-refractivity contribution is 0.0952. The number of nitrogen functional groups attached to an aromatic ring is 1. The van der Waals surface area contributed by atoms with Gasteiger partial charge in [0.2, 0.25) is 0 Å². The van der Waals surface area contributed by atoms with Crippen molar-refractivity contribution < 1.29 is 7.65 Å². The van der Waals surface area contributed by atoms with Crippen molar-refractivity contribution in [1.82, 2.24) is 5.32 Å². The molecule has 30 heavy (non-hydrogen) atoms. The lowest BCUT2D eigenvalue weighted by Gasteiger charge is -2.24. The summed E-state index contributed by atoms with van der Waals surface area (Å²) >= 11 is 0. The van der Waals surface area contributed by atoms with Gasteiger partial charge in [-0.2, -0.15) is 0 Å². The molecule has 0 atom stereocenters. The molecule has 4 nitrogen and oxygen atoms in total. The molecule has 2 aliphatic rings. The number of rotatable bonds is 5. The summed E-state index contributed by atoms with van der Waals surface area (Å²) in [6, 6.07) is 14.2. The fourth-order valence-electron chi connectivity index (χ4n) is 4.71. The van der Waals surface area contributed by atoms with Crippen LogP contribution >= 0.6 is 0 Å². The van der Waals surface area contributed by atoms with Crippen molar-refractivity contribution >= 4 is 28.6 Å². The summed E-state index contributed by atoms with van der Waals surface area (Å²) in [7, 11) is 0. The van der Waals surface area contributed by atoms with Gasteiger partial charge in [-0.05, 0) is 102 Å². The van der Waals surface area contributed by atoms with Crippen molar-refractivity contribution in [3.63, 3.8) is 0 Å². The molecule has 3 aromatic carbocycles. The Labute approximate surface area is 180 Å². The number of carbonyl (C=O) groups excluding carboxylic acids is 1. The summed E-state index contributed by atoms with van der Waals surface area (Å²) in [5, 5.41) is 13.2. The molecule has 4 N–H and O–H groups in total. The Morgan fingerprint density at radius 3 is 2.53 bits per heavy atom. The number of benzene rings is 3. The van der Waals surface area contributed by atoms with Crippen molar-refractivity contribution in [3.8, 4) is 11.1 Å². The van der Waals surface area contributed by atoms with Crippen LogP contribution in [0, 0.1) is 11.3 Å². The predicted molar refractivity (Wildman–Crippen MR) is 128 cm³/mol. The molecule has 0 aliphatic heterocycles. The third kappa shape index (κ3) is 3.36. The number of fused-ring (bicyclic) bond motifs is 3. The number of anilines is 1. The first kappa shape index (κ1) is 18.9. The van der Waals surface area contributed by atoms with Crippen LogP contribution in [0.25, 0.3) is 21.9 Å². The van der Waals surface area contributed by atoms with Crippen LogP contribution in [-0.2, 0) is 12.8 Å². The smallest absolute Gasteiger partial charge is 0.251 e. The molecule has 0 heterocycles. The van der Waals surface area contributed by atoms with Crippen LogP contribution in [0.1, 0.15) is 55.6 Å².